The van der Waals surface area contributed by atoms with Gasteiger partial charge in [0.25, 0.3) is 0 Å². The fraction of sp³-hybridized carbons (Fsp3) is 0.812. The number of nitrogens with one attached hydrogen (secondary N) is 1. The van der Waals surface area contributed by atoms with Gasteiger partial charge in [-0.15, -0.1) is 0 Å². The molecular weight excluding hydrogens is 298 g/mol. The van der Waals surface area contributed by atoms with Gasteiger partial charge in [-0.05, 0) is 13.3 Å². The quantitative estimate of drug-likeness (QED) is 0.561. The summed E-state index contributed by atoms with van der Waals surface area (Å²) in [5.41, 5.74) is 0. The summed E-state index contributed by atoms with van der Waals surface area (Å²) in [5.74, 6) is 0. The molecule has 0 bridgehead atoms. The summed E-state index contributed by atoms with van der Waals surface area (Å²) in [6.07, 6.45) is 14.0. The van der Waals surface area contributed by atoms with Crippen LogP contribution in [0.5, 0.6) is 0 Å². The molecule has 0 unspecified atom stereocenters. The fourth-order valence-corrected chi connectivity index (χ4v) is 3.41. The van der Waals surface area contributed by atoms with E-state index >= 15 is 0 Å². The van der Waals surface area contributed by atoms with Crippen molar-refractivity contribution in [3.8, 4) is 0 Å². The molecule has 128 valence electrons. The van der Waals surface area contributed by atoms with Crippen molar-refractivity contribution in [1.29, 1.82) is 0 Å². The molecule has 1 rings (SSSR count). The normalized spacial score (nSPS) is 11.9. The average Bonchev–Trinajstić information content (AvgIpc) is 2.99. The molecule has 0 radical (unpaired) electrons. The van der Waals surface area contributed by atoms with Crippen LogP contribution in [0.2, 0.25) is 0 Å². The molecule has 1 heterocycles. The number of aryl methyl sites for hydroxylation is 1. The third-order valence-corrected chi connectivity index (χ3v) is 5.23. The van der Waals surface area contributed by atoms with E-state index in [1.165, 1.54) is 51.1 Å². The molecule has 0 aliphatic carbocycles. The molecular formula is C16H31N3O2S. The third kappa shape index (κ3) is 7.40. The summed E-state index contributed by atoms with van der Waals surface area (Å²) >= 11 is 0. The van der Waals surface area contributed by atoms with Gasteiger partial charge in [0, 0.05) is 19.3 Å². The van der Waals surface area contributed by atoms with Crippen LogP contribution in [0.3, 0.4) is 0 Å². The van der Waals surface area contributed by atoms with E-state index in [-0.39, 0.29) is 4.90 Å². The fourth-order valence-electron chi connectivity index (χ4n) is 2.38. The zero-order chi connectivity index (χ0) is 16.3. The predicted molar refractivity (Wildman–Crippen MR) is 90.3 cm³/mol. The summed E-state index contributed by atoms with van der Waals surface area (Å²) in [6.45, 7) is 5.34. The van der Waals surface area contributed by atoms with Gasteiger partial charge in [0.05, 0.1) is 6.20 Å². The monoisotopic (exact) mass is 329 g/mol. The standard InChI is InChI=1S/C16H31N3O2S/c1-3-5-6-7-8-9-10-11-12-13-18-22(20,21)16-14-17-19(4-2)15-16/h14-15,18H,3-13H2,1-2H3. The minimum Gasteiger partial charge on any atom is -0.272 e. The van der Waals surface area contributed by atoms with Crippen molar-refractivity contribution in [3.05, 3.63) is 12.4 Å². The van der Waals surface area contributed by atoms with Crippen molar-refractivity contribution < 1.29 is 8.42 Å². The number of nitrogens with zero attached hydrogens (tertiary/aromatic N) is 2. The molecule has 0 aliphatic heterocycles. The van der Waals surface area contributed by atoms with Crippen molar-refractivity contribution in [3.63, 3.8) is 0 Å². The summed E-state index contributed by atoms with van der Waals surface area (Å²) in [5, 5.41) is 4.00. The second-order valence-electron chi connectivity index (χ2n) is 5.76. The number of rotatable bonds is 13. The first-order valence-electron chi connectivity index (χ1n) is 8.62. The maximum atomic E-state index is 12.0. The Morgan fingerprint density at radius 2 is 1.59 bits per heavy atom. The zero-order valence-electron chi connectivity index (χ0n) is 14.1. The smallest absolute Gasteiger partial charge is 0.243 e. The molecule has 0 spiro atoms. The summed E-state index contributed by atoms with van der Waals surface area (Å²) in [4.78, 5) is 0.255. The van der Waals surface area contributed by atoms with Crippen LogP contribution >= 0.6 is 0 Å². The molecule has 5 nitrogen and oxygen atoms in total. The van der Waals surface area contributed by atoms with Crippen molar-refractivity contribution in [2.45, 2.75) is 83.1 Å². The lowest BCUT2D eigenvalue weighted by Crippen LogP contribution is -2.24. The highest BCUT2D eigenvalue weighted by atomic mass is 32.2. The van der Waals surface area contributed by atoms with Crippen LogP contribution in [-0.2, 0) is 16.6 Å². The Kier molecular flexibility index (Phi) is 9.39. The van der Waals surface area contributed by atoms with Crippen LogP contribution in [-0.4, -0.2) is 24.7 Å². The summed E-state index contributed by atoms with van der Waals surface area (Å²) in [7, 11) is -3.39. The maximum Gasteiger partial charge on any atom is 0.243 e. The molecule has 1 aromatic rings. The lowest BCUT2D eigenvalue weighted by molar-refractivity contribution is 0.553. The Balaban J connectivity index is 2.08. The van der Waals surface area contributed by atoms with Crippen LogP contribution in [0.1, 0.15) is 71.6 Å². The Labute approximate surface area is 135 Å². The Bertz CT molecular complexity index is 497. The molecule has 6 heteroatoms. The van der Waals surface area contributed by atoms with E-state index in [0.717, 1.165) is 12.8 Å². The number of hydrogen-bond acceptors (Lipinski definition) is 3. The van der Waals surface area contributed by atoms with Crippen LogP contribution < -0.4 is 4.72 Å². The molecule has 22 heavy (non-hydrogen) atoms. The van der Waals surface area contributed by atoms with Crippen LogP contribution in [0.15, 0.2) is 17.3 Å². The van der Waals surface area contributed by atoms with Crippen LogP contribution in [0.4, 0.5) is 0 Å². The van der Waals surface area contributed by atoms with Crippen molar-refractivity contribution in [1.82, 2.24) is 14.5 Å². The number of sulfonamides is 1. The van der Waals surface area contributed by atoms with Gasteiger partial charge in [0.1, 0.15) is 4.90 Å². The third-order valence-electron chi connectivity index (χ3n) is 3.82. The molecule has 0 atom stereocenters. The molecule has 0 saturated heterocycles. The lowest BCUT2D eigenvalue weighted by atomic mass is 10.1. The highest BCUT2D eigenvalue weighted by Gasteiger charge is 2.15. The number of unbranched alkanes of at least 4 members (excludes halogenated alkanes) is 8. The predicted octanol–water partition coefficient (Wildman–Crippen LogP) is 3.71. The van der Waals surface area contributed by atoms with E-state index in [1.807, 2.05) is 6.92 Å². The SMILES string of the molecule is CCCCCCCCCCCNS(=O)(=O)c1cnn(CC)c1. The van der Waals surface area contributed by atoms with Crippen LogP contribution in [0.25, 0.3) is 0 Å². The Morgan fingerprint density at radius 3 is 2.14 bits per heavy atom. The van der Waals surface area contributed by atoms with Crippen molar-refractivity contribution >= 4 is 10.0 Å². The van der Waals surface area contributed by atoms with Gasteiger partial charge >= 0.3 is 0 Å². The zero-order valence-corrected chi connectivity index (χ0v) is 14.9. The molecule has 0 aromatic carbocycles. The highest BCUT2D eigenvalue weighted by Crippen LogP contribution is 2.10. The number of hydrogen-bond donors (Lipinski definition) is 1. The molecule has 0 fully saturated rings. The first kappa shape index (κ1) is 19.2. The largest absolute Gasteiger partial charge is 0.272 e. The number of aromatic nitrogens is 2. The van der Waals surface area contributed by atoms with Gasteiger partial charge in [-0.3, -0.25) is 4.68 Å². The summed E-state index contributed by atoms with van der Waals surface area (Å²) in [6, 6.07) is 0. The van der Waals surface area contributed by atoms with Crippen LogP contribution in [0, 0.1) is 0 Å². The van der Waals surface area contributed by atoms with E-state index in [9.17, 15) is 8.42 Å². The highest BCUT2D eigenvalue weighted by molar-refractivity contribution is 7.89. The van der Waals surface area contributed by atoms with Crippen molar-refractivity contribution in [2.24, 2.45) is 0 Å². The van der Waals surface area contributed by atoms with Crippen molar-refractivity contribution in [2.75, 3.05) is 6.54 Å². The van der Waals surface area contributed by atoms with Gasteiger partial charge in [-0.2, -0.15) is 5.10 Å². The lowest BCUT2D eigenvalue weighted by Gasteiger charge is -2.05. The second kappa shape index (κ2) is 10.8. The van der Waals surface area contributed by atoms with Gasteiger partial charge in [0.2, 0.25) is 10.0 Å². The molecule has 0 amide bonds. The molecule has 1 N–H and O–H groups in total. The van der Waals surface area contributed by atoms with E-state index in [2.05, 4.69) is 16.7 Å². The summed E-state index contributed by atoms with van der Waals surface area (Å²) < 4.78 is 28.3. The first-order chi connectivity index (χ1) is 10.6. The minimum absolute atomic E-state index is 0.255. The molecule has 0 aliphatic rings. The van der Waals surface area contributed by atoms with Gasteiger partial charge in [-0.1, -0.05) is 58.3 Å². The first-order valence-corrected chi connectivity index (χ1v) is 10.1. The Morgan fingerprint density at radius 1 is 1.00 bits per heavy atom. The van der Waals surface area contributed by atoms with Gasteiger partial charge in [-0.25, -0.2) is 13.1 Å². The van der Waals surface area contributed by atoms with E-state index in [4.69, 9.17) is 0 Å². The molecule has 1 aromatic heterocycles. The second-order valence-corrected chi connectivity index (χ2v) is 7.52. The van der Waals surface area contributed by atoms with E-state index < -0.39 is 10.0 Å². The Hall–Kier alpha value is -0.880. The van der Waals surface area contributed by atoms with E-state index in [1.54, 1.807) is 10.9 Å². The molecule has 0 saturated carbocycles. The van der Waals surface area contributed by atoms with Gasteiger partial charge < -0.3 is 0 Å². The maximum absolute atomic E-state index is 12.0. The van der Waals surface area contributed by atoms with Gasteiger partial charge in [0.15, 0.2) is 0 Å². The minimum atomic E-state index is -3.39. The topological polar surface area (TPSA) is 64.0 Å². The van der Waals surface area contributed by atoms with E-state index in [0.29, 0.717) is 13.1 Å². The average molecular weight is 330 g/mol.